The second-order valence-electron chi connectivity index (χ2n) is 7.85. The average molecular weight is 456 g/mol. The number of halogens is 2. The van der Waals surface area contributed by atoms with Gasteiger partial charge in [0.25, 0.3) is 11.5 Å². The van der Waals surface area contributed by atoms with Crippen LogP contribution in [0.1, 0.15) is 30.3 Å². The van der Waals surface area contributed by atoms with E-state index in [4.69, 9.17) is 4.74 Å². The minimum Gasteiger partial charge on any atom is -0.490 e. The molecule has 0 unspecified atom stereocenters. The van der Waals surface area contributed by atoms with E-state index in [1.54, 1.807) is 36.1 Å². The molecular weight excluding hydrogens is 434 g/mol. The highest BCUT2D eigenvalue weighted by Gasteiger charge is 2.28. The van der Waals surface area contributed by atoms with Gasteiger partial charge in [-0.15, -0.1) is 0 Å². The van der Waals surface area contributed by atoms with Crippen molar-refractivity contribution in [2.75, 3.05) is 13.1 Å². The van der Waals surface area contributed by atoms with Gasteiger partial charge in [-0.25, -0.2) is 13.8 Å². The molecule has 2 amide bonds. The highest BCUT2D eigenvalue weighted by atomic mass is 19.2. The zero-order chi connectivity index (χ0) is 23.5. The fourth-order valence-corrected chi connectivity index (χ4v) is 3.72. The van der Waals surface area contributed by atoms with Crippen LogP contribution < -0.4 is 15.6 Å². The molecule has 4 rings (SSSR count). The second-order valence-corrected chi connectivity index (χ2v) is 7.85. The quantitative estimate of drug-likeness (QED) is 0.614. The molecule has 8 nitrogen and oxygen atoms in total. The van der Waals surface area contributed by atoms with E-state index in [2.05, 4.69) is 15.3 Å². The van der Waals surface area contributed by atoms with E-state index >= 15 is 0 Å². The topological polar surface area (TPSA) is 104 Å². The smallest absolute Gasteiger partial charge is 0.280 e. The summed E-state index contributed by atoms with van der Waals surface area (Å²) in [5, 5.41) is 2.54. The zero-order valence-corrected chi connectivity index (χ0v) is 17.8. The Labute approximate surface area is 187 Å². The number of hydrogen-bond acceptors (Lipinski definition) is 5. The van der Waals surface area contributed by atoms with Crippen LogP contribution in [0.5, 0.6) is 5.75 Å². The number of hydrogen-bond donors (Lipinski definition) is 2. The van der Waals surface area contributed by atoms with Crippen LogP contribution >= 0.6 is 0 Å². The van der Waals surface area contributed by atoms with E-state index in [0.29, 0.717) is 37.0 Å². The number of amides is 2. The predicted molar refractivity (Wildman–Crippen MR) is 116 cm³/mol. The maximum Gasteiger partial charge on any atom is 0.280 e. The normalized spacial score (nSPS) is 15.3. The summed E-state index contributed by atoms with van der Waals surface area (Å²) >= 11 is 0. The fraction of sp³-hybridized carbons (Fsp3) is 0.304. The number of carbonyl (C=O) groups excluding carboxylic acids is 2. The highest BCUT2D eigenvalue weighted by molar-refractivity contribution is 5.96. The molecule has 0 bridgehead atoms. The molecule has 10 heteroatoms. The lowest BCUT2D eigenvalue weighted by Crippen LogP contribution is -2.51. The summed E-state index contributed by atoms with van der Waals surface area (Å²) in [7, 11) is 0. The minimum atomic E-state index is -0.982. The number of piperidine rings is 1. The molecular formula is C23H22F2N4O4. The van der Waals surface area contributed by atoms with Crippen LogP contribution in [0.15, 0.2) is 47.3 Å². The molecule has 2 aromatic carbocycles. The largest absolute Gasteiger partial charge is 0.490 e. The summed E-state index contributed by atoms with van der Waals surface area (Å²) in [6.07, 6.45) is 0.749. The van der Waals surface area contributed by atoms with E-state index in [0.717, 1.165) is 12.1 Å². The Morgan fingerprint density at radius 2 is 1.88 bits per heavy atom. The van der Waals surface area contributed by atoms with Crippen molar-refractivity contribution in [1.29, 1.82) is 0 Å². The molecule has 1 aromatic heterocycles. The number of nitrogens with one attached hydrogen (secondary N) is 2. The van der Waals surface area contributed by atoms with Gasteiger partial charge in [0.15, 0.2) is 17.3 Å². The summed E-state index contributed by atoms with van der Waals surface area (Å²) in [4.78, 5) is 45.9. The van der Waals surface area contributed by atoms with Crippen molar-refractivity contribution in [1.82, 2.24) is 20.2 Å². The van der Waals surface area contributed by atoms with Crippen LogP contribution in [-0.2, 0) is 4.79 Å². The van der Waals surface area contributed by atoms with Crippen LogP contribution in [0.2, 0.25) is 0 Å². The van der Waals surface area contributed by atoms with Crippen molar-refractivity contribution in [3.05, 3.63) is 70.1 Å². The van der Waals surface area contributed by atoms with E-state index < -0.39 is 29.1 Å². The molecule has 3 aromatic rings. The van der Waals surface area contributed by atoms with Gasteiger partial charge in [0.2, 0.25) is 5.91 Å². The summed E-state index contributed by atoms with van der Waals surface area (Å²) < 4.78 is 32.1. The molecule has 172 valence electrons. The SMILES string of the molecule is C[C@H](NC(=O)c1nc2ccccc2[nH]c1=O)C(=O)N1CCC(Oc2ccc(F)c(F)c2)CC1. The molecule has 1 aliphatic rings. The van der Waals surface area contributed by atoms with Crippen LogP contribution in [0.25, 0.3) is 11.0 Å². The zero-order valence-electron chi connectivity index (χ0n) is 17.8. The summed E-state index contributed by atoms with van der Waals surface area (Å²) in [5.74, 6) is -2.73. The van der Waals surface area contributed by atoms with E-state index in [-0.39, 0.29) is 23.5 Å². The number of carbonyl (C=O) groups is 2. The van der Waals surface area contributed by atoms with Gasteiger partial charge in [0, 0.05) is 32.0 Å². The first-order chi connectivity index (χ1) is 15.8. The van der Waals surface area contributed by atoms with Crippen molar-refractivity contribution in [3.8, 4) is 5.75 Å². The maximum atomic E-state index is 13.4. The minimum absolute atomic E-state index is 0.229. The first-order valence-corrected chi connectivity index (χ1v) is 10.5. The van der Waals surface area contributed by atoms with Crippen molar-refractivity contribution in [2.45, 2.75) is 31.9 Å². The number of nitrogens with zero attached hydrogens (tertiary/aromatic N) is 2. The fourth-order valence-electron chi connectivity index (χ4n) is 3.72. The average Bonchev–Trinajstić information content (AvgIpc) is 2.81. The van der Waals surface area contributed by atoms with Crippen molar-refractivity contribution in [3.63, 3.8) is 0 Å². The Morgan fingerprint density at radius 1 is 1.15 bits per heavy atom. The third kappa shape index (κ3) is 5.00. The Morgan fingerprint density at radius 3 is 2.61 bits per heavy atom. The molecule has 0 aliphatic carbocycles. The molecule has 1 fully saturated rings. The summed E-state index contributed by atoms with van der Waals surface area (Å²) in [5.41, 5.74) is 0.0222. The number of benzene rings is 2. The van der Waals surface area contributed by atoms with Crippen LogP contribution in [0, 0.1) is 11.6 Å². The number of likely N-dealkylation sites (tertiary alicyclic amines) is 1. The predicted octanol–water partition coefficient (Wildman–Crippen LogP) is 2.39. The van der Waals surface area contributed by atoms with Crippen LogP contribution in [0.4, 0.5) is 8.78 Å². The molecule has 1 saturated heterocycles. The number of ether oxygens (including phenoxy) is 1. The molecule has 2 N–H and O–H groups in total. The van der Waals surface area contributed by atoms with E-state index in [9.17, 15) is 23.2 Å². The third-order valence-corrected chi connectivity index (χ3v) is 5.48. The number of H-pyrrole nitrogens is 1. The Bertz CT molecular complexity index is 1250. The molecule has 2 heterocycles. The number of aromatic amines is 1. The number of aromatic nitrogens is 2. The number of fused-ring (bicyclic) bond motifs is 1. The number of para-hydroxylation sites is 2. The monoisotopic (exact) mass is 456 g/mol. The van der Waals surface area contributed by atoms with Crippen molar-refractivity contribution >= 4 is 22.8 Å². The molecule has 0 saturated carbocycles. The van der Waals surface area contributed by atoms with E-state index in [1.807, 2.05) is 0 Å². The lowest BCUT2D eigenvalue weighted by Gasteiger charge is -2.33. The third-order valence-electron chi connectivity index (χ3n) is 5.48. The van der Waals surface area contributed by atoms with Gasteiger partial charge in [-0.2, -0.15) is 0 Å². The van der Waals surface area contributed by atoms with Gasteiger partial charge in [0.05, 0.1) is 11.0 Å². The van der Waals surface area contributed by atoms with E-state index in [1.165, 1.54) is 6.07 Å². The van der Waals surface area contributed by atoms with Gasteiger partial charge < -0.3 is 19.9 Å². The second kappa shape index (κ2) is 9.35. The van der Waals surface area contributed by atoms with Crippen LogP contribution in [0.3, 0.4) is 0 Å². The van der Waals surface area contributed by atoms with Gasteiger partial charge in [-0.3, -0.25) is 14.4 Å². The summed E-state index contributed by atoms with van der Waals surface area (Å²) in [6, 6.07) is 9.31. The highest BCUT2D eigenvalue weighted by Crippen LogP contribution is 2.21. The number of rotatable bonds is 5. The molecule has 33 heavy (non-hydrogen) atoms. The first kappa shape index (κ1) is 22.4. The first-order valence-electron chi connectivity index (χ1n) is 10.5. The van der Waals surface area contributed by atoms with Gasteiger partial charge in [0.1, 0.15) is 17.9 Å². The Balaban J connectivity index is 1.33. The molecule has 0 radical (unpaired) electrons. The van der Waals surface area contributed by atoms with Gasteiger partial charge >= 0.3 is 0 Å². The maximum absolute atomic E-state index is 13.4. The standard InChI is InChI=1S/C23H22F2N4O4/c1-13(26-21(30)20-22(31)28-19-5-3-2-4-18(19)27-20)23(32)29-10-8-14(9-11-29)33-15-6-7-16(24)17(25)12-15/h2-7,12-14H,8-11H2,1H3,(H,26,30)(H,28,31)/t13-/m0/s1. The van der Waals surface area contributed by atoms with Crippen molar-refractivity contribution in [2.24, 2.45) is 0 Å². The lowest BCUT2D eigenvalue weighted by molar-refractivity contribution is -0.134. The molecule has 0 spiro atoms. The lowest BCUT2D eigenvalue weighted by atomic mass is 10.1. The Kier molecular flexibility index (Phi) is 6.34. The van der Waals surface area contributed by atoms with Crippen LogP contribution in [-0.4, -0.2) is 51.9 Å². The molecule has 1 aliphatic heterocycles. The van der Waals surface area contributed by atoms with Gasteiger partial charge in [-0.1, -0.05) is 12.1 Å². The van der Waals surface area contributed by atoms with Crippen molar-refractivity contribution < 1.29 is 23.1 Å². The molecule has 1 atom stereocenters. The Hall–Kier alpha value is -3.82. The van der Waals surface area contributed by atoms with Gasteiger partial charge in [-0.05, 0) is 31.2 Å². The summed E-state index contributed by atoms with van der Waals surface area (Å²) in [6.45, 7) is 2.30.